The number of rotatable bonds is 6. The number of fused-ring (bicyclic) bond motifs is 1. The predicted molar refractivity (Wildman–Crippen MR) is 123 cm³/mol. The SMILES string of the molecule is COC(C)(C)C(C)(C)O[B]c1ccc2nc(C3CCCN3C(=O)OC(C)(C)C)[nH]c2c1. The third-order valence-electron chi connectivity index (χ3n) is 6.17. The highest BCUT2D eigenvalue weighted by Crippen LogP contribution is 2.32. The van der Waals surface area contributed by atoms with E-state index in [0.717, 1.165) is 35.2 Å². The fraction of sp³-hybridized carbons (Fsp3) is 0.652. The Labute approximate surface area is 186 Å². The van der Waals surface area contributed by atoms with E-state index >= 15 is 0 Å². The first kappa shape index (κ1) is 23.6. The van der Waals surface area contributed by atoms with Crippen LogP contribution in [-0.2, 0) is 14.1 Å². The Hall–Kier alpha value is -2.06. The van der Waals surface area contributed by atoms with Crippen molar-refractivity contribution in [2.75, 3.05) is 13.7 Å². The molecule has 2 aromatic rings. The Morgan fingerprint density at radius 3 is 2.52 bits per heavy atom. The molecule has 169 valence electrons. The van der Waals surface area contributed by atoms with E-state index in [4.69, 9.17) is 19.1 Å². The van der Waals surface area contributed by atoms with Gasteiger partial charge in [0.1, 0.15) is 11.4 Å². The van der Waals surface area contributed by atoms with Crippen LogP contribution in [-0.4, -0.2) is 58.9 Å². The summed E-state index contributed by atoms with van der Waals surface area (Å²) in [5, 5.41) is 0. The molecule has 1 N–H and O–H groups in total. The van der Waals surface area contributed by atoms with E-state index in [1.807, 2.05) is 66.7 Å². The molecule has 31 heavy (non-hydrogen) atoms. The number of hydrogen-bond acceptors (Lipinski definition) is 5. The fourth-order valence-electron chi connectivity index (χ4n) is 3.47. The van der Waals surface area contributed by atoms with Gasteiger partial charge in [-0.2, -0.15) is 0 Å². The van der Waals surface area contributed by atoms with Gasteiger partial charge in [0.2, 0.25) is 0 Å². The lowest BCUT2D eigenvalue weighted by Gasteiger charge is -2.40. The van der Waals surface area contributed by atoms with Crippen LogP contribution in [0.15, 0.2) is 18.2 Å². The van der Waals surface area contributed by atoms with Gasteiger partial charge in [-0.05, 0) is 73.4 Å². The molecule has 7 nitrogen and oxygen atoms in total. The standard InChI is InChI=1S/C23H35BN3O4/c1-21(2,3)30-20(28)27-13-9-10-18(27)19-25-16-12-11-15(14-17(16)26-19)24-31-23(6,7)22(4,5)29-8/h11-12,14,18H,9-10,13H2,1-8H3,(H,25,26). The lowest BCUT2D eigenvalue weighted by Crippen LogP contribution is -2.50. The zero-order valence-electron chi connectivity index (χ0n) is 20.0. The maximum atomic E-state index is 12.6. The zero-order valence-corrected chi connectivity index (χ0v) is 20.0. The molecule has 0 saturated carbocycles. The second-order valence-corrected chi connectivity index (χ2v) is 10.2. The molecular weight excluding hydrogens is 393 g/mol. The number of imidazole rings is 1. The van der Waals surface area contributed by atoms with Gasteiger partial charge in [0.25, 0.3) is 0 Å². The summed E-state index contributed by atoms with van der Waals surface area (Å²) in [6.45, 7) is 14.3. The molecule has 2 heterocycles. The molecule has 1 saturated heterocycles. The summed E-state index contributed by atoms with van der Waals surface area (Å²) in [7, 11) is 3.44. The molecule has 3 rings (SSSR count). The molecule has 1 radical (unpaired) electrons. The third kappa shape index (κ3) is 5.23. The Bertz CT molecular complexity index is 933. The van der Waals surface area contributed by atoms with Crippen molar-refractivity contribution in [3.8, 4) is 0 Å². The van der Waals surface area contributed by atoms with E-state index in [2.05, 4.69) is 4.98 Å². The summed E-state index contributed by atoms with van der Waals surface area (Å²) >= 11 is 0. The molecule has 1 amide bonds. The lowest BCUT2D eigenvalue weighted by molar-refractivity contribution is -0.114. The number of aromatic amines is 1. The van der Waals surface area contributed by atoms with E-state index in [0.29, 0.717) is 6.54 Å². The van der Waals surface area contributed by atoms with Gasteiger partial charge in [0.05, 0.1) is 28.3 Å². The van der Waals surface area contributed by atoms with Gasteiger partial charge >= 0.3 is 13.6 Å². The molecule has 1 atom stereocenters. The summed E-state index contributed by atoms with van der Waals surface area (Å²) in [5.74, 6) is 0.789. The van der Waals surface area contributed by atoms with Gasteiger partial charge < -0.3 is 19.1 Å². The molecule has 1 aliphatic heterocycles. The second kappa shape index (κ2) is 8.47. The number of aromatic nitrogens is 2. The maximum absolute atomic E-state index is 12.6. The number of nitrogens with zero attached hydrogens (tertiary/aromatic N) is 2. The number of likely N-dealkylation sites (tertiary alicyclic amines) is 1. The molecule has 8 heteroatoms. The van der Waals surface area contributed by atoms with Crippen molar-refractivity contribution in [3.63, 3.8) is 0 Å². The van der Waals surface area contributed by atoms with Crippen LogP contribution in [0.3, 0.4) is 0 Å². The largest absolute Gasteiger partial charge is 0.444 e. The van der Waals surface area contributed by atoms with E-state index in [1.165, 1.54) is 0 Å². The molecule has 1 aliphatic rings. The lowest BCUT2D eigenvalue weighted by atomic mass is 9.82. The quantitative estimate of drug-likeness (QED) is 0.702. The number of benzene rings is 1. The molecule has 1 aromatic heterocycles. The number of amides is 1. The smallest absolute Gasteiger partial charge is 0.410 e. The van der Waals surface area contributed by atoms with Crippen LogP contribution in [0.4, 0.5) is 4.79 Å². The van der Waals surface area contributed by atoms with Crippen molar-refractivity contribution in [3.05, 3.63) is 24.0 Å². The van der Waals surface area contributed by atoms with E-state index in [1.54, 1.807) is 19.5 Å². The summed E-state index contributed by atoms with van der Waals surface area (Å²) in [6, 6.07) is 5.84. The first-order valence-corrected chi connectivity index (χ1v) is 10.9. The van der Waals surface area contributed by atoms with Crippen molar-refractivity contribution in [2.24, 2.45) is 0 Å². The molecule has 0 bridgehead atoms. The van der Waals surface area contributed by atoms with Crippen LogP contribution >= 0.6 is 0 Å². The van der Waals surface area contributed by atoms with Crippen LogP contribution < -0.4 is 5.46 Å². The molecule has 1 fully saturated rings. The van der Waals surface area contributed by atoms with Gasteiger partial charge in [-0.1, -0.05) is 11.5 Å². The normalized spacial score (nSPS) is 17.9. The number of hydrogen-bond donors (Lipinski definition) is 1. The van der Waals surface area contributed by atoms with Crippen molar-refractivity contribution >= 4 is 30.1 Å². The van der Waals surface area contributed by atoms with Gasteiger partial charge in [-0.15, -0.1) is 0 Å². The summed E-state index contributed by atoms with van der Waals surface area (Å²) in [4.78, 5) is 22.6. The first-order valence-electron chi connectivity index (χ1n) is 10.9. The number of carbonyl (C=O) groups excluding carboxylic acids is 1. The van der Waals surface area contributed by atoms with Gasteiger partial charge in [0, 0.05) is 13.7 Å². The number of H-pyrrole nitrogens is 1. The Morgan fingerprint density at radius 2 is 1.87 bits per heavy atom. The van der Waals surface area contributed by atoms with E-state index in [-0.39, 0.29) is 12.1 Å². The summed E-state index contributed by atoms with van der Waals surface area (Å²) in [5.41, 5.74) is 1.23. The number of nitrogens with one attached hydrogen (secondary N) is 1. The van der Waals surface area contributed by atoms with Crippen LogP contribution in [0.1, 0.15) is 73.2 Å². The van der Waals surface area contributed by atoms with E-state index < -0.39 is 16.8 Å². The number of methoxy groups -OCH3 is 1. The van der Waals surface area contributed by atoms with Crippen molar-refractivity contribution in [1.29, 1.82) is 0 Å². The van der Waals surface area contributed by atoms with Gasteiger partial charge in [-0.25, -0.2) is 9.78 Å². The summed E-state index contributed by atoms with van der Waals surface area (Å²) < 4.78 is 17.2. The predicted octanol–water partition coefficient (Wildman–Crippen LogP) is 4.10. The van der Waals surface area contributed by atoms with Crippen molar-refractivity contribution < 1.29 is 18.9 Å². The van der Waals surface area contributed by atoms with Crippen LogP contribution in [0.2, 0.25) is 0 Å². The molecule has 0 spiro atoms. The summed E-state index contributed by atoms with van der Waals surface area (Å²) in [6.07, 6.45) is 1.50. The fourth-order valence-corrected chi connectivity index (χ4v) is 3.47. The van der Waals surface area contributed by atoms with Gasteiger partial charge in [-0.3, -0.25) is 4.90 Å². The van der Waals surface area contributed by atoms with E-state index in [9.17, 15) is 4.79 Å². The highest BCUT2D eigenvalue weighted by molar-refractivity contribution is 6.47. The zero-order chi connectivity index (χ0) is 23.0. The second-order valence-electron chi connectivity index (χ2n) is 10.2. The molecule has 1 aromatic carbocycles. The van der Waals surface area contributed by atoms with Crippen LogP contribution in [0.25, 0.3) is 11.0 Å². The molecule has 1 unspecified atom stereocenters. The maximum Gasteiger partial charge on any atom is 0.410 e. The Morgan fingerprint density at radius 1 is 1.16 bits per heavy atom. The first-order chi connectivity index (χ1) is 14.3. The van der Waals surface area contributed by atoms with Crippen LogP contribution in [0, 0.1) is 0 Å². The van der Waals surface area contributed by atoms with Crippen LogP contribution in [0.5, 0.6) is 0 Å². The number of carbonyl (C=O) groups is 1. The Kier molecular flexibility index (Phi) is 6.45. The average Bonchev–Trinajstić information content (AvgIpc) is 3.31. The monoisotopic (exact) mass is 428 g/mol. The molecular formula is C23H35BN3O4. The minimum atomic E-state index is -0.520. The third-order valence-corrected chi connectivity index (χ3v) is 6.17. The molecule has 0 aliphatic carbocycles. The number of ether oxygens (including phenoxy) is 2. The Balaban J connectivity index is 1.76. The van der Waals surface area contributed by atoms with Crippen molar-refractivity contribution in [1.82, 2.24) is 14.9 Å². The van der Waals surface area contributed by atoms with Gasteiger partial charge in [0.15, 0.2) is 0 Å². The average molecular weight is 428 g/mol. The van der Waals surface area contributed by atoms with Crippen molar-refractivity contribution in [2.45, 2.75) is 84.2 Å². The minimum Gasteiger partial charge on any atom is -0.444 e. The minimum absolute atomic E-state index is 0.104. The topological polar surface area (TPSA) is 76.7 Å². The highest BCUT2D eigenvalue weighted by Gasteiger charge is 2.38. The highest BCUT2D eigenvalue weighted by atomic mass is 16.6.